The maximum atomic E-state index is 12.1. The summed E-state index contributed by atoms with van der Waals surface area (Å²) >= 11 is 2.39. The largest absolute Gasteiger partial charge is 0.497 e. The topological polar surface area (TPSA) is 102 Å². The normalized spacial score (nSPS) is 10.6. The third-order valence-corrected chi connectivity index (χ3v) is 5.64. The maximum absolute atomic E-state index is 12.1. The number of hydrogen-bond acceptors (Lipinski definition) is 9. The minimum Gasteiger partial charge on any atom is -0.497 e. The zero-order chi connectivity index (χ0) is 22.2. The van der Waals surface area contributed by atoms with Gasteiger partial charge in [0.15, 0.2) is 4.34 Å². The number of ether oxygens (including phenoxy) is 2. The molecule has 2 aromatic carbocycles. The summed E-state index contributed by atoms with van der Waals surface area (Å²) in [6.45, 7) is -2.95. The molecule has 0 aliphatic carbocycles. The highest BCUT2D eigenvalue weighted by Gasteiger charge is 2.13. The minimum absolute atomic E-state index is 0.0461. The van der Waals surface area contributed by atoms with Crippen molar-refractivity contribution in [1.82, 2.24) is 15.5 Å². The van der Waals surface area contributed by atoms with Gasteiger partial charge in [0.1, 0.15) is 11.5 Å². The standard InChI is InChI=1S/C19H16F2N4O4S2/c1-28-13-8-4-12(5-9-13)22-18-24-25-19(31-18)30-10-15(26)23-16(27)11-2-6-14(7-3-11)29-17(20)21/h2-9,17H,10H2,1H3,(H,22,24)(H,23,26,27). The molecule has 2 amide bonds. The smallest absolute Gasteiger partial charge is 0.387 e. The second-order valence-electron chi connectivity index (χ2n) is 5.80. The molecule has 0 unspecified atom stereocenters. The number of anilines is 2. The first-order chi connectivity index (χ1) is 14.9. The molecular formula is C19H16F2N4O4S2. The van der Waals surface area contributed by atoms with Crippen molar-refractivity contribution in [3.8, 4) is 11.5 Å². The zero-order valence-corrected chi connectivity index (χ0v) is 17.6. The summed E-state index contributed by atoms with van der Waals surface area (Å²) in [7, 11) is 1.59. The van der Waals surface area contributed by atoms with Gasteiger partial charge in [-0.2, -0.15) is 8.78 Å². The van der Waals surface area contributed by atoms with Gasteiger partial charge in [-0.05, 0) is 48.5 Å². The second-order valence-corrected chi connectivity index (χ2v) is 8.00. The molecule has 0 radical (unpaired) electrons. The molecule has 0 saturated carbocycles. The molecule has 0 aliphatic heterocycles. The van der Waals surface area contributed by atoms with Crippen LogP contribution in [0.4, 0.5) is 19.6 Å². The Bertz CT molecular complexity index is 1030. The van der Waals surface area contributed by atoms with E-state index in [0.717, 1.165) is 23.2 Å². The number of amides is 2. The summed E-state index contributed by atoms with van der Waals surface area (Å²) < 4.78 is 34.2. The predicted molar refractivity (Wildman–Crippen MR) is 112 cm³/mol. The lowest BCUT2D eigenvalue weighted by molar-refractivity contribution is -0.117. The van der Waals surface area contributed by atoms with Crippen LogP contribution in [0, 0.1) is 0 Å². The molecule has 0 atom stereocenters. The fourth-order valence-electron chi connectivity index (χ4n) is 2.27. The Kier molecular flexibility index (Phi) is 7.73. The third-order valence-electron chi connectivity index (χ3n) is 3.67. The van der Waals surface area contributed by atoms with Crippen LogP contribution in [-0.2, 0) is 4.79 Å². The van der Waals surface area contributed by atoms with E-state index in [1.807, 2.05) is 12.1 Å². The van der Waals surface area contributed by atoms with E-state index in [9.17, 15) is 18.4 Å². The average molecular weight is 466 g/mol. The van der Waals surface area contributed by atoms with Crippen molar-refractivity contribution in [3.63, 3.8) is 0 Å². The Morgan fingerprint density at radius 3 is 2.39 bits per heavy atom. The van der Waals surface area contributed by atoms with Crippen LogP contribution in [0.5, 0.6) is 11.5 Å². The van der Waals surface area contributed by atoms with E-state index in [4.69, 9.17) is 4.74 Å². The number of nitrogens with zero attached hydrogens (tertiary/aromatic N) is 2. The lowest BCUT2D eigenvalue weighted by Gasteiger charge is -2.06. The molecular weight excluding hydrogens is 450 g/mol. The number of alkyl halides is 2. The molecule has 0 spiro atoms. The van der Waals surface area contributed by atoms with Gasteiger partial charge >= 0.3 is 6.61 Å². The summed E-state index contributed by atoms with van der Waals surface area (Å²) in [6, 6.07) is 12.3. The van der Waals surface area contributed by atoms with Gasteiger partial charge in [-0.3, -0.25) is 14.9 Å². The van der Waals surface area contributed by atoms with Crippen molar-refractivity contribution >= 4 is 45.7 Å². The molecule has 0 saturated heterocycles. The minimum atomic E-state index is -2.95. The quantitative estimate of drug-likeness (QED) is 0.457. The summed E-state index contributed by atoms with van der Waals surface area (Å²) in [4.78, 5) is 24.1. The summed E-state index contributed by atoms with van der Waals surface area (Å²) in [5.41, 5.74) is 0.948. The number of carbonyl (C=O) groups is 2. The zero-order valence-electron chi connectivity index (χ0n) is 16.0. The second kappa shape index (κ2) is 10.7. The molecule has 162 valence electrons. The third kappa shape index (κ3) is 6.89. The number of aromatic nitrogens is 2. The Morgan fingerprint density at radius 2 is 1.74 bits per heavy atom. The fourth-order valence-corrected chi connectivity index (χ4v) is 3.84. The SMILES string of the molecule is COc1ccc(Nc2nnc(SCC(=O)NC(=O)c3ccc(OC(F)F)cc3)s2)cc1. The number of halogens is 2. The van der Waals surface area contributed by atoms with E-state index in [1.165, 1.54) is 35.6 Å². The molecule has 1 heterocycles. The highest BCUT2D eigenvalue weighted by Crippen LogP contribution is 2.28. The highest BCUT2D eigenvalue weighted by atomic mass is 32.2. The number of thioether (sulfide) groups is 1. The molecule has 31 heavy (non-hydrogen) atoms. The number of methoxy groups -OCH3 is 1. The number of nitrogens with one attached hydrogen (secondary N) is 2. The Morgan fingerprint density at radius 1 is 1.06 bits per heavy atom. The molecule has 0 bridgehead atoms. The number of benzene rings is 2. The van der Waals surface area contributed by atoms with Crippen LogP contribution < -0.4 is 20.1 Å². The van der Waals surface area contributed by atoms with Gasteiger partial charge in [-0.25, -0.2) is 0 Å². The lowest BCUT2D eigenvalue weighted by Crippen LogP contribution is -2.31. The predicted octanol–water partition coefficient (Wildman–Crippen LogP) is 3.94. The van der Waals surface area contributed by atoms with Crippen molar-refractivity contribution < 1.29 is 27.8 Å². The Labute approximate surface area is 184 Å². The summed E-state index contributed by atoms with van der Waals surface area (Å²) in [5, 5.41) is 13.9. The average Bonchev–Trinajstić information content (AvgIpc) is 3.20. The number of imide groups is 1. The van der Waals surface area contributed by atoms with Crippen LogP contribution in [0.3, 0.4) is 0 Å². The van der Waals surface area contributed by atoms with E-state index < -0.39 is 18.4 Å². The van der Waals surface area contributed by atoms with Crippen LogP contribution in [0.15, 0.2) is 52.9 Å². The fraction of sp³-hybridized carbons (Fsp3) is 0.158. The van der Waals surface area contributed by atoms with E-state index >= 15 is 0 Å². The van der Waals surface area contributed by atoms with Crippen molar-refractivity contribution in [1.29, 1.82) is 0 Å². The van der Waals surface area contributed by atoms with Gasteiger partial charge in [-0.1, -0.05) is 23.1 Å². The van der Waals surface area contributed by atoms with Crippen molar-refractivity contribution in [2.75, 3.05) is 18.2 Å². The Balaban J connectivity index is 1.46. The van der Waals surface area contributed by atoms with Crippen molar-refractivity contribution in [3.05, 3.63) is 54.1 Å². The summed E-state index contributed by atoms with van der Waals surface area (Å²) in [5.74, 6) is -0.563. The van der Waals surface area contributed by atoms with Crippen LogP contribution in [0.2, 0.25) is 0 Å². The van der Waals surface area contributed by atoms with Crippen molar-refractivity contribution in [2.24, 2.45) is 0 Å². The van der Waals surface area contributed by atoms with Gasteiger partial charge in [0, 0.05) is 11.3 Å². The van der Waals surface area contributed by atoms with Gasteiger partial charge in [-0.15, -0.1) is 10.2 Å². The monoisotopic (exact) mass is 466 g/mol. The van der Waals surface area contributed by atoms with Gasteiger partial charge in [0.25, 0.3) is 5.91 Å². The van der Waals surface area contributed by atoms with Crippen molar-refractivity contribution in [2.45, 2.75) is 11.0 Å². The molecule has 1 aromatic heterocycles. The first-order valence-electron chi connectivity index (χ1n) is 8.69. The first-order valence-corrected chi connectivity index (χ1v) is 10.5. The Hall–Kier alpha value is -3.25. The van der Waals surface area contributed by atoms with E-state index in [2.05, 4.69) is 25.6 Å². The molecule has 12 heteroatoms. The summed E-state index contributed by atoms with van der Waals surface area (Å²) in [6.07, 6.45) is 0. The number of hydrogen-bond donors (Lipinski definition) is 2. The van der Waals surface area contributed by atoms with Gasteiger partial charge in [0.2, 0.25) is 11.0 Å². The van der Waals surface area contributed by atoms with Crippen LogP contribution in [-0.4, -0.2) is 41.5 Å². The lowest BCUT2D eigenvalue weighted by atomic mass is 10.2. The molecule has 2 N–H and O–H groups in total. The maximum Gasteiger partial charge on any atom is 0.387 e. The molecule has 3 aromatic rings. The molecule has 0 fully saturated rings. The molecule has 0 aliphatic rings. The number of rotatable bonds is 9. The van der Waals surface area contributed by atoms with Gasteiger partial charge in [0.05, 0.1) is 12.9 Å². The van der Waals surface area contributed by atoms with Crippen LogP contribution >= 0.6 is 23.1 Å². The van der Waals surface area contributed by atoms with E-state index in [-0.39, 0.29) is 17.1 Å². The highest BCUT2D eigenvalue weighted by molar-refractivity contribution is 8.01. The van der Waals surface area contributed by atoms with E-state index in [1.54, 1.807) is 19.2 Å². The molecule has 8 nitrogen and oxygen atoms in total. The first kappa shape index (κ1) is 22.4. The van der Waals surface area contributed by atoms with Crippen LogP contribution in [0.1, 0.15) is 10.4 Å². The number of carbonyl (C=O) groups excluding carboxylic acids is 2. The van der Waals surface area contributed by atoms with E-state index in [0.29, 0.717) is 9.47 Å². The molecule has 3 rings (SSSR count). The van der Waals surface area contributed by atoms with Crippen LogP contribution in [0.25, 0.3) is 0 Å². The van der Waals surface area contributed by atoms with Gasteiger partial charge < -0.3 is 14.8 Å².